The highest BCUT2D eigenvalue weighted by molar-refractivity contribution is 7.92. The van der Waals surface area contributed by atoms with E-state index in [1.165, 1.54) is 9.87 Å². The van der Waals surface area contributed by atoms with Gasteiger partial charge in [0.25, 0.3) is 5.91 Å². The summed E-state index contributed by atoms with van der Waals surface area (Å²) in [6.45, 7) is 4.80. The Kier molecular flexibility index (Phi) is 8.88. The van der Waals surface area contributed by atoms with Crippen molar-refractivity contribution in [2.45, 2.75) is 20.4 Å². The van der Waals surface area contributed by atoms with Gasteiger partial charge in [0.2, 0.25) is 10.0 Å². The molecule has 0 spiro atoms. The number of amides is 1. The van der Waals surface area contributed by atoms with Crippen LogP contribution in [0.5, 0.6) is 17.2 Å². The van der Waals surface area contributed by atoms with E-state index in [9.17, 15) is 13.2 Å². The number of sulfonamides is 1. The van der Waals surface area contributed by atoms with Crippen molar-refractivity contribution in [2.75, 3.05) is 23.7 Å². The minimum Gasteiger partial charge on any atom is -0.491 e. The molecule has 0 saturated carbocycles. The van der Waals surface area contributed by atoms with Crippen LogP contribution in [-0.4, -0.2) is 33.7 Å². The summed E-state index contributed by atoms with van der Waals surface area (Å²) in [4.78, 5) is 12.6. The quantitative estimate of drug-likeness (QED) is 0.239. The lowest BCUT2D eigenvalue weighted by molar-refractivity contribution is 0.0947. The first-order valence-corrected chi connectivity index (χ1v) is 14.4. The van der Waals surface area contributed by atoms with Crippen LogP contribution in [0, 0.1) is 13.8 Å². The Bertz CT molecular complexity index is 1520. The summed E-state index contributed by atoms with van der Waals surface area (Å²) in [5, 5.41) is 2.85. The van der Waals surface area contributed by atoms with Crippen molar-refractivity contribution in [1.29, 1.82) is 0 Å². The second-order valence-corrected chi connectivity index (χ2v) is 11.1. The number of nitrogens with one attached hydrogen (secondary N) is 1. The van der Waals surface area contributed by atoms with E-state index in [-0.39, 0.29) is 12.5 Å². The highest BCUT2D eigenvalue weighted by Gasteiger charge is 2.22. The van der Waals surface area contributed by atoms with E-state index in [4.69, 9.17) is 9.47 Å². The van der Waals surface area contributed by atoms with Crippen LogP contribution in [-0.2, 0) is 16.6 Å². The highest BCUT2D eigenvalue weighted by Crippen LogP contribution is 2.34. The number of hydrogen-bond acceptors (Lipinski definition) is 5. The van der Waals surface area contributed by atoms with Crippen molar-refractivity contribution in [3.8, 4) is 17.2 Å². The largest absolute Gasteiger partial charge is 0.491 e. The number of aryl methyl sites for hydroxylation is 2. The van der Waals surface area contributed by atoms with E-state index in [1.54, 1.807) is 60.7 Å². The van der Waals surface area contributed by atoms with Gasteiger partial charge in [0, 0.05) is 5.56 Å². The minimum atomic E-state index is -3.64. The molecule has 7 nitrogen and oxygen atoms in total. The summed E-state index contributed by atoms with van der Waals surface area (Å²) >= 11 is 0. The van der Waals surface area contributed by atoms with Gasteiger partial charge in [0.1, 0.15) is 18.1 Å². The third kappa shape index (κ3) is 7.61. The fraction of sp³-hybridized carbons (Fsp3) is 0.194. The first kappa shape index (κ1) is 27.7. The summed E-state index contributed by atoms with van der Waals surface area (Å²) < 4.78 is 38.7. The highest BCUT2D eigenvalue weighted by atomic mass is 32.2. The van der Waals surface area contributed by atoms with E-state index in [1.807, 2.05) is 44.2 Å². The zero-order valence-electron chi connectivity index (χ0n) is 22.3. The second kappa shape index (κ2) is 12.5. The first-order chi connectivity index (χ1) is 18.7. The van der Waals surface area contributed by atoms with Gasteiger partial charge < -0.3 is 14.8 Å². The molecule has 0 fully saturated rings. The molecule has 0 aliphatic rings. The molecule has 4 aromatic carbocycles. The predicted molar refractivity (Wildman–Crippen MR) is 154 cm³/mol. The average Bonchev–Trinajstić information content (AvgIpc) is 2.91. The molecule has 0 bridgehead atoms. The summed E-state index contributed by atoms with van der Waals surface area (Å²) in [7, 11) is -3.64. The Labute approximate surface area is 230 Å². The molecule has 8 heteroatoms. The molecule has 0 aliphatic heterocycles. The van der Waals surface area contributed by atoms with Gasteiger partial charge in [-0.15, -0.1) is 0 Å². The molecular weight excluding hydrogens is 512 g/mol. The maximum Gasteiger partial charge on any atom is 0.251 e. The monoisotopic (exact) mass is 544 g/mol. The van der Waals surface area contributed by atoms with Crippen LogP contribution in [0.25, 0.3) is 0 Å². The predicted octanol–water partition coefficient (Wildman–Crippen LogP) is 5.87. The Morgan fingerprint density at radius 1 is 0.846 bits per heavy atom. The standard InChI is InChI=1S/C31H32N2O5S/c1-23-13-18-29(24(2)21-23)37-20-19-32-31(34)26-16-14-25(15-17-26)22-33(39(3,35)36)28-11-7-8-12-30(28)38-27-9-5-4-6-10-27/h4-18,21H,19-20,22H2,1-3H3,(H,32,34). The molecule has 39 heavy (non-hydrogen) atoms. The Morgan fingerprint density at radius 3 is 2.23 bits per heavy atom. The third-order valence-electron chi connectivity index (χ3n) is 6.02. The lowest BCUT2D eigenvalue weighted by Crippen LogP contribution is -2.30. The maximum absolute atomic E-state index is 12.8. The topological polar surface area (TPSA) is 84.9 Å². The van der Waals surface area contributed by atoms with Crippen LogP contribution in [0.4, 0.5) is 5.69 Å². The van der Waals surface area contributed by atoms with Crippen molar-refractivity contribution in [3.63, 3.8) is 0 Å². The normalized spacial score (nSPS) is 11.1. The van der Waals surface area contributed by atoms with Crippen molar-refractivity contribution in [3.05, 3.63) is 119 Å². The van der Waals surface area contributed by atoms with Gasteiger partial charge in [-0.05, 0) is 67.4 Å². The van der Waals surface area contributed by atoms with Crippen molar-refractivity contribution < 1.29 is 22.7 Å². The summed E-state index contributed by atoms with van der Waals surface area (Å²) in [5.41, 5.74) is 3.85. The number of carbonyl (C=O) groups is 1. The number of nitrogens with zero attached hydrogens (tertiary/aromatic N) is 1. The summed E-state index contributed by atoms with van der Waals surface area (Å²) in [5.74, 6) is 1.60. The average molecular weight is 545 g/mol. The molecule has 0 atom stereocenters. The summed E-state index contributed by atoms with van der Waals surface area (Å²) in [6.07, 6.45) is 1.16. The number of ether oxygens (including phenoxy) is 2. The Balaban J connectivity index is 1.40. The van der Waals surface area contributed by atoms with Crippen LogP contribution in [0.15, 0.2) is 97.1 Å². The van der Waals surface area contributed by atoms with E-state index in [0.717, 1.165) is 23.1 Å². The molecule has 0 radical (unpaired) electrons. The lowest BCUT2D eigenvalue weighted by Gasteiger charge is -2.25. The minimum absolute atomic E-state index is 0.0830. The van der Waals surface area contributed by atoms with Gasteiger partial charge in [-0.2, -0.15) is 0 Å². The fourth-order valence-electron chi connectivity index (χ4n) is 4.06. The molecular formula is C31H32N2O5S. The Hall–Kier alpha value is -4.30. The molecule has 4 aromatic rings. The van der Waals surface area contributed by atoms with E-state index < -0.39 is 10.0 Å². The fourth-order valence-corrected chi connectivity index (χ4v) is 4.95. The molecule has 202 valence electrons. The van der Waals surface area contributed by atoms with Crippen LogP contribution in [0.1, 0.15) is 27.0 Å². The number of benzene rings is 4. The van der Waals surface area contributed by atoms with Crippen molar-refractivity contribution in [2.24, 2.45) is 0 Å². The number of rotatable bonds is 11. The Morgan fingerprint density at radius 2 is 1.54 bits per heavy atom. The number of hydrogen-bond donors (Lipinski definition) is 1. The van der Waals surface area contributed by atoms with E-state index >= 15 is 0 Å². The lowest BCUT2D eigenvalue weighted by atomic mass is 10.1. The zero-order valence-corrected chi connectivity index (χ0v) is 23.1. The van der Waals surface area contributed by atoms with Gasteiger partial charge in [0.15, 0.2) is 5.75 Å². The number of anilines is 1. The number of carbonyl (C=O) groups excluding carboxylic acids is 1. The van der Waals surface area contributed by atoms with Crippen LogP contribution < -0.4 is 19.1 Å². The van der Waals surface area contributed by atoms with Gasteiger partial charge in [-0.1, -0.05) is 60.2 Å². The van der Waals surface area contributed by atoms with Gasteiger partial charge >= 0.3 is 0 Å². The first-order valence-electron chi connectivity index (χ1n) is 12.6. The van der Waals surface area contributed by atoms with Crippen LogP contribution in [0.2, 0.25) is 0 Å². The third-order valence-corrected chi connectivity index (χ3v) is 7.15. The molecule has 0 aromatic heterocycles. The molecule has 1 amide bonds. The number of para-hydroxylation sites is 3. The van der Waals surface area contributed by atoms with Gasteiger partial charge in [-0.3, -0.25) is 9.10 Å². The molecule has 0 heterocycles. The van der Waals surface area contributed by atoms with Gasteiger partial charge in [-0.25, -0.2) is 8.42 Å². The maximum atomic E-state index is 12.8. The van der Waals surface area contributed by atoms with Gasteiger partial charge in [0.05, 0.1) is 25.0 Å². The molecule has 4 rings (SSSR count). The van der Waals surface area contributed by atoms with E-state index in [2.05, 4.69) is 11.4 Å². The van der Waals surface area contributed by atoms with Crippen LogP contribution >= 0.6 is 0 Å². The smallest absolute Gasteiger partial charge is 0.251 e. The second-order valence-electron chi connectivity index (χ2n) is 9.22. The molecule has 0 unspecified atom stereocenters. The van der Waals surface area contributed by atoms with Crippen LogP contribution in [0.3, 0.4) is 0 Å². The van der Waals surface area contributed by atoms with Crippen molar-refractivity contribution in [1.82, 2.24) is 5.32 Å². The molecule has 0 aliphatic carbocycles. The SMILES string of the molecule is Cc1ccc(OCCNC(=O)c2ccc(CN(c3ccccc3Oc3ccccc3)S(C)(=O)=O)cc2)c(C)c1. The van der Waals surface area contributed by atoms with Crippen molar-refractivity contribution >= 4 is 21.6 Å². The zero-order chi connectivity index (χ0) is 27.8. The van der Waals surface area contributed by atoms with E-state index in [0.29, 0.717) is 35.9 Å². The molecule has 1 N–H and O–H groups in total. The molecule has 0 saturated heterocycles. The summed E-state index contributed by atoms with van der Waals surface area (Å²) in [6, 6.07) is 29.0.